The number of carbonyl (C=O) groups is 1. The van der Waals surface area contributed by atoms with Gasteiger partial charge in [-0.1, -0.05) is 12.8 Å². The Morgan fingerprint density at radius 1 is 1.29 bits per heavy atom. The molecule has 78 valence electrons. The lowest BCUT2D eigenvalue weighted by Crippen LogP contribution is -2.42. The molecular weight excluding hydrogens is 194 g/mol. The van der Waals surface area contributed by atoms with Crippen LogP contribution in [0, 0.1) is 5.92 Å². The third-order valence-electron chi connectivity index (χ3n) is 3.89. The lowest BCUT2D eigenvalue weighted by molar-refractivity contribution is -0.135. The van der Waals surface area contributed by atoms with E-state index >= 15 is 0 Å². The first-order chi connectivity index (χ1) is 6.84. The second-order valence-electron chi connectivity index (χ2n) is 4.82. The first-order valence-corrected chi connectivity index (χ1v) is 6.81. The molecule has 3 aliphatic rings. The van der Waals surface area contributed by atoms with E-state index in [2.05, 4.69) is 16.7 Å². The van der Waals surface area contributed by atoms with Crippen LogP contribution in [0.4, 0.5) is 0 Å². The molecular formula is C11H17NOS. The Hall–Kier alpha value is -0.180. The normalized spacial score (nSPS) is 37.0. The van der Waals surface area contributed by atoms with Gasteiger partial charge in [-0.2, -0.15) is 11.8 Å². The molecule has 2 aliphatic heterocycles. The molecule has 2 unspecified atom stereocenters. The molecule has 2 nitrogen and oxygen atoms in total. The molecule has 0 N–H and O–H groups in total. The minimum atomic E-state index is 0.388. The Morgan fingerprint density at radius 2 is 2.07 bits per heavy atom. The van der Waals surface area contributed by atoms with E-state index in [0.717, 1.165) is 24.6 Å². The van der Waals surface area contributed by atoms with E-state index < -0.39 is 0 Å². The van der Waals surface area contributed by atoms with Crippen LogP contribution in [-0.4, -0.2) is 34.4 Å². The van der Waals surface area contributed by atoms with Crippen LogP contribution in [0.3, 0.4) is 0 Å². The van der Waals surface area contributed by atoms with Crippen molar-refractivity contribution >= 4 is 17.7 Å². The van der Waals surface area contributed by atoms with Gasteiger partial charge < -0.3 is 4.90 Å². The second kappa shape index (κ2) is 3.44. The van der Waals surface area contributed by atoms with Crippen LogP contribution in [-0.2, 0) is 4.79 Å². The number of carbonyl (C=O) groups excluding carboxylic acids is 1. The summed E-state index contributed by atoms with van der Waals surface area (Å²) in [6, 6.07) is 0.595. The summed E-state index contributed by atoms with van der Waals surface area (Å²) in [7, 11) is 0. The van der Waals surface area contributed by atoms with Crippen LogP contribution in [0.1, 0.15) is 32.1 Å². The third kappa shape index (κ3) is 1.37. The Bertz CT molecular complexity index is 250. The molecule has 0 aromatic rings. The molecule has 0 spiro atoms. The van der Waals surface area contributed by atoms with E-state index in [1.54, 1.807) is 0 Å². The van der Waals surface area contributed by atoms with Gasteiger partial charge in [0.05, 0.1) is 0 Å². The lowest BCUT2D eigenvalue weighted by atomic mass is 10.1. The van der Waals surface area contributed by atoms with Crippen molar-refractivity contribution in [2.24, 2.45) is 5.92 Å². The molecule has 3 rings (SSSR count). The Morgan fingerprint density at radius 3 is 2.64 bits per heavy atom. The highest BCUT2D eigenvalue weighted by Crippen LogP contribution is 2.39. The van der Waals surface area contributed by atoms with Crippen LogP contribution >= 0.6 is 11.8 Å². The fourth-order valence-electron chi connectivity index (χ4n) is 3.08. The lowest BCUT2D eigenvalue weighted by Gasteiger charge is -2.29. The quantitative estimate of drug-likeness (QED) is 0.660. The van der Waals surface area contributed by atoms with Gasteiger partial charge >= 0.3 is 0 Å². The molecule has 2 atom stereocenters. The summed E-state index contributed by atoms with van der Waals surface area (Å²) in [5.74, 6) is 2.07. The van der Waals surface area contributed by atoms with E-state index in [-0.39, 0.29) is 0 Å². The van der Waals surface area contributed by atoms with Crippen LogP contribution in [0.5, 0.6) is 0 Å². The molecule has 1 amide bonds. The molecule has 3 fully saturated rings. The topological polar surface area (TPSA) is 20.3 Å². The van der Waals surface area contributed by atoms with Gasteiger partial charge in [-0.05, 0) is 19.3 Å². The number of likely N-dealkylation sites (tertiary alicyclic amines) is 1. The standard InChI is InChI=1S/C11H17NOS/c13-11(8-3-1-2-4-8)12-6-10-5-9(12)7-14-10/h8-10H,1-7H2. The Balaban J connectivity index is 1.67. The van der Waals surface area contributed by atoms with E-state index in [1.807, 2.05) is 0 Å². The summed E-state index contributed by atoms with van der Waals surface area (Å²) in [4.78, 5) is 14.3. The summed E-state index contributed by atoms with van der Waals surface area (Å²) in [5, 5.41) is 0.769. The third-order valence-corrected chi connectivity index (χ3v) is 5.28. The number of fused-ring (bicyclic) bond motifs is 2. The van der Waals surface area contributed by atoms with Crippen molar-refractivity contribution in [1.82, 2.24) is 4.90 Å². The van der Waals surface area contributed by atoms with Crippen LogP contribution in [0.25, 0.3) is 0 Å². The number of hydrogen-bond donors (Lipinski definition) is 0. The van der Waals surface area contributed by atoms with Crippen molar-refractivity contribution < 1.29 is 4.79 Å². The SMILES string of the molecule is O=C(C1CCCC1)N1CC2CC1CS2. The summed E-state index contributed by atoms with van der Waals surface area (Å²) in [5.41, 5.74) is 0. The molecule has 3 heteroatoms. The minimum Gasteiger partial charge on any atom is -0.337 e. The van der Waals surface area contributed by atoms with Crippen molar-refractivity contribution in [1.29, 1.82) is 0 Å². The van der Waals surface area contributed by atoms with Crippen molar-refractivity contribution in [3.8, 4) is 0 Å². The highest BCUT2D eigenvalue weighted by atomic mass is 32.2. The fraction of sp³-hybridized carbons (Fsp3) is 0.909. The number of hydrogen-bond acceptors (Lipinski definition) is 2. The molecule has 0 aromatic heterocycles. The number of amides is 1. The maximum atomic E-state index is 12.2. The Labute approximate surface area is 89.4 Å². The zero-order valence-electron chi connectivity index (χ0n) is 8.45. The van der Waals surface area contributed by atoms with E-state index in [1.165, 1.54) is 25.0 Å². The van der Waals surface area contributed by atoms with Gasteiger partial charge in [0.2, 0.25) is 5.91 Å². The number of rotatable bonds is 1. The minimum absolute atomic E-state index is 0.388. The summed E-state index contributed by atoms with van der Waals surface area (Å²) in [6.07, 6.45) is 6.11. The summed E-state index contributed by atoms with van der Waals surface area (Å²) >= 11 is 2.06. The molecule has 2 bridgehead atoms. The highest BCUT2D eigenvalue weighted by Gasteiger charge is 2.42. The number of thioether (sulfide) groups is 1. The highest BCUT2D eigenvalue weighted by molar-refractivity contribution is 8.00. The largest absolute Gasteiger partial charge is 0.337 e. The van der Waals surface area contributed by atoms with Gasteiger partial charge in [-0.25, -0.2) is 0 Å². The van der Waals surface area contributed by atoms with E-state index in [0.29, 0.717) is 17.9 Å². The smallest absolute Gasteiger partial charge is 0.225 e. The average molecular weight is 211 g/mol. The predicted molar refractivity (Wildman–Crippen MR) is 58.3 cm³/mol. The van der Waals surface area contributed by atoms with Gasteiger partial charge in [-0.15, -0.1) is 0 Å². The van der Waals surface area contributed by atoms with Crippen molar-refractivity contribution in [3.63, 3.8) is 0 Å². The van der Waals surface area contributed by atoms with Gasteiger partial charge in [-0.3, -0.25) is 4.79 Å². The zero-order chi connectivity index (χ0) is 9.54. The molecule has 14 heavy (non-hydrogen) atoms. The second-order valence-corrected chi connectivity index (χ2v) is 6.15. The molecule has 1 aliphatic carbocycles. The van der Waals surface area contributed by atoms with Crippen molar-refractivity contribution in [2.45, 2.75) is 43.4 Å². The molecule has 1 saturated carbocycles. The molecule has 0 aromatic carbocycles. The fourth-order valence-corrected chi connectivity index (χ4v) is 4.51. The molecule has 2 saturated heterocycles. The zero-order valence-corrected chi connectivity index (χ0v) is 9.26. The van der Waals surface area contributed by atoms with Gasteiger partial charge in [0.25, 0.3) is 0 Å². The van der Waals surface area contributed by atoms with Crippen molar-refractivity contribution in [2.75, 3.05) is 12.3 Å². The maximum Gasteiger partial charge on any atom is 0.225 e. The monoisotopic (exact) mass is 211 g/mol. The molecule has 0 radical (unpaired) electrons. The van der Waals surface area contributed by atoms with Crippen LogP contribution in [0.15, 0.2) is 0 Å². The van der Waals surface area contributed by atoms with Gasteiger partial charge in [0.1, 0.15) is 0 Å². The Kier molecular flexibility index (Phi) is 2.23. The van der Waals surface area contributed by atoms with E-state index in [4.69, 9.17) is 0 Å². The summed E-state index contributed by atoms with van der Waals surface area (Å²) < 4.78 is 0. The van der Waals surface area contributed by atoms with Crippen LogP contribution < -0.4 is 0 Å². The van der Waals surface area contributed by atoms with Gasteiger partial charge in [0, 0.05) is 29.5 Å². The first-order valence-electron chi connectivity index (χ1n) is 5.76. The van der Waals surface area contributed by atoms with E-state index in [9.17, 15) is 4.79 Å². The van der Waals surface area contributed by atoms with Crippen molar-refractivity contribution in [3.05, 3.63) is 0 Å². The predicted octanol–water partition coefficient (Wildman–Crippen LogP) is 1.89. The van der Waals surface area contributed by atoms with Gasteiger partial charge in [0.15, 0.2) is 0 Å². The first kappa shape index (κ1) is 9.08. The van der Waals surface area contributed by atoms with Crippen LogP contribution in [0.2, 0.25) is 0 Å². The number of nitrogens with zero attached hydrogens (tertiary/aromatic N) is 1. The molecule has 2 heterocycles. The average Bonchev–Trinajstić information content (AvgIpc) is 2.93. The summed E-state index contributed by atoms with van der Waals surface area (Å²) in [6.45, 7) is 1.05. The maximum absolute atomic E-state index is 12.2.